The smallest absolute Gasteiger partial charge is 0.339 e. The molecule has 0 spiro atoms. The summed E-state index contributed by atoms with van der Waals surface area (Å²) in [6, 6.07) is 10.4. The summed E-state index contributed by atoms with van der Waals surface area (Å²) >= 11 is 0. The van der Waals surface area contributed by atoms with Gasteiger partial charge in [0, 0.05) is 35.2 Å². The van der Waals surface area contributed by atoms with E-state index in [1.54, 1.807) is 7.11 Å². The van der Waals surface area contributed by atoms with Crippen LogP contribution >= 0.6 is 0 Å². The van der Waals surface area contributed by atoms with Gasteiger partial charge in [-0.1, -0.05) is 12.1 Å². The van der Waals surface area contributed by atoms with E-state index in [-0.39, 0.29) is 5.63 Å². The number of ether oxygens (including phenoxy) is 2. The average Bonchev–Trinajstić information content (AvgIpc) is 3.24. The van der Waals surface area contributed by atoms with Crippen molar-refractivity contribution in [2.24, 2.45) is 0 Å². The van der Waals surface area contributed by atoms with Gasteiger partial charge in [0.05, 0.1) is 7.11 Å². The first kappa shape index (κ1) is 18.3. The Kier molecular flexibility index (Phi) is 4.55. The van der Waals surface area contributed by atoms with Gasteiger partial charge in [0.1, 0.15) is 23.8 Å². The van der Waals surface area contributed by atoms with Crippen LogP contribution in [-0.2, 0) is 25.8 Å². The van der Waals surface area contributed by atoms with Crippen LogP contribution in [0.3, 0.4) is 0 Å². The molecule has 2 aliphatic rings. The molecule has 150 valence electrons. The summed E-state index contributed by atoms with van der Waals surface area (Å²) in [4.78, 5) is 14.7. The van der Waals surface area contributed by atoms with Crippen molar-refractivity contribution >= 4 is 11.0 Å². The van der Waals surface area contributed by atoms with Crippen molar-refractivity contribution in [1.82, 2.24) is 4.90 Å². The van der Waals surface area contributed by atoms with E-state index in [9.17, 15) is 4.79 Å². The summed E-state index contributed by atoms with van der Waals surface area (Å²) in [5.74, 6) is 1.76. The fourth-order valence-corrected chi connectivity index (χ4v) is 4.65. The van der Waals surface area contributed by atoms with Crippen LogP contribution in [0.1, 0.15) is 34.2 Å². The van der Waals surface area contributed by atoms with Crippen LogP contribution in [0.2, 0.25) is 0 Å². The van der Waals surface area contributed by atoms with Crippen molar-refractivity contribution in [2.75, 3.05) is 20.4 Å². The predicted octanol–water partition coefficient (Wildman–Crippen LogP) is 3.99. The number of rotatable bonds is 4. The predicted molar refractivity (Wildman–Crippen MR) is 112 cm³/mol. The first-order valence-corrected chi connectivity index (χ1v) is 10.2. The van der Waals surface area contributed by atoms with E-state index >= 15 is 0 Å². The standard InChI is InChI=1S/C24H25NO4/c1-15-22-17(12-21-19-7-4-8-20(19)24(26)29-23(15)21)13-25(14-28-22)10-9-16-5-3-6-18(11-16)27-2/h3,5-6,11-12H,4,7-10,13-14H2,1-2H3. The van der Waals surface area contributed by atoms with Crippen LogP contribution in [0, 0.1) is 6.92 Å². The molecule has 0 amide bonds. The third kappa shape index (κ3) is 3.19. The molecule has 0 saturated heterocycles. The van der Waals surface area contributed by atoms with Crippen LogP contribution in [-0.4, -0.2) is 25.3 Å². The molecule has 0 fully saturated rings. The largest absolute Gasteiger partial charge is 0.497 e. The van der Waals surface area contributed by atoms with E-state index in [0.29, 0.717) is 12.3 Å². The molecule has 2 aromatic carbocycles. The molecular formula is C24H25NO4. The van der Waals surface area contributed by atoms with Crippen LogP contribution in [0.15, 0.2) is 39.5 Å². The molecule has 1 aliphatic carbocycles. The van der Waals surface area contributed by atoms with E-state index in [0.717, 1.165) is 66.8 Å². The Balaban J connectivity index is 1.42. The lowest BCUT2D eigenvalue weighted by molar-refractivity contribution is 0.0959. The topological polar surface area (TPSA) is 51.9 Å². The Bertz CT molecular complexity index is 1150. The van der Waals surface area contributed by atoms with E-state index in [1.807, 2.05) is 19.1 Å². The maximum Gasteiger partial charge on any atom is 0.339 e. The Hall–Kier alpha value is -2.79. The minimum Gasteiger partial charge on any atom is -0.497 e. The Labute approximate surface area is 169 Å². The van der Waals surface area contributed by atoms with Gasteiger partial charge in [-0.25, -0.2) is 4.79 Å². The van der Waals surface area contributed by atoms with E-state index in [1.165, 1.54) is 16.7 Å². The fourth-order valence-electron chi connectivity index (χ4n) is 4.65. The Morgan fingerprint density at radius 1 is 1.17 bits per heavy atom. The van der Waals surface area contributed by atoms with Crippen molar-refractivity contribution in [3.63, 3.8) is 0 Å². The molecule has 5 nitrogen and oxygen atoms in total. The summed E-state index contributed by atoms with van der Waals surface area (Å²) in [6.45, 7) is 4.28. The number of methoxy groups -OCH3 is 1. The molecule has 3 aromatic rings. The highest BCUT2D eigenvalue weighted by Crippen LogP contribution is 2.38. The van der Waals surface area contributed by atoms with Gasteiger partial charge >= 0.3 is 5.63 Å². The lowest BCUT2D eigenvalue weighted by atomic mass is 9.99. The van der Waals surface area contributed by atoms with Gasteiger partial charge in [0.15, 0.2) is 0 Å². The zero-order chi connectivity index (χ0) is 20.0. The highest BCUT2D eigenvalue weighted by Gasteiger charge is 2.26. The van der Waals surface area contributed by atoms with E-state index in [4.69, 9.17) is 13.9 Å². The molecule has 0 atom stereocenters. The molecule has 29 heavy (non-hydrogen) atoms. The molecule has 5 rings (SSSR count). The molecule has 0 radical (unpaired) electrons. The summed E-state index contributed by atoms with van der Waals surface area (Å²) in [5.41, 5.74) is 5.93. The molecule has 0 bridgehead atoms. The molecule has 1 aliphatic heterocycles. The zero-order valence-corrected chi connectivity index (χ0v) is 16.9. The first-order chi connectivity index (χ1) is 14.1. The average molecular weight is 391 g/mol. The maximum absolute atomic E-state index is 12.3. The SMILES string of the molecule is COc1cccc(CCN2COc3c(cc4c5c(c(=O)oc4c3C)CCC5)C2)c1. The lowest BCUT2D eigenvalue weighted by Crippen LogP contribution is -2.34. The van der Waals surface area contributed by atoms with Crippen molar-refractivity contribution in [2.45, 2.75) is 39.2 Å². The summed E-state index contributed by atoms with van der Waals surface area (Å²) < 4.78 is 17.1. The second-order valence-electron chi connectivity index (χ2n) is 7.99. The highest BCUT2D eigenvalue weighted by molar-refractivity contribution is 5.87. The third-order valence-corrected chi connectivity index (χ3v) is 6.16. The minimum absolute atomic E-state index is 0.177. The van der Waals surface area contributed by atoms with Gasteiger partial charge in [-0.05, 0) is 61.9 Å². The molecule has 0 N–H and O–H groups in total. The molecule has 2 heterocycles. The van der Waals surface area contributed by atoms with Gasteiger partial charge in [0.25, 0.3) is 0 Å². The van der Waals surface area contributed by atoms with Crippen molar-refractivity contribution in [1.29, 1.82) is 0 Å². The Morgan fingerprint density at radius 3 is 2.90 bits per heavy atom. The van der Waals surface area contributed by atoms with E-state index in [2.05, 4.69) is 23.1 Å². The monoisotopic (exact) mass is 391 g/mol. The Morgan fingerprint density at radius 2 is 2.03 bits per heavy atom. The fraction of sp³-hybridized carbons (Fsp3) is 0.375. The van der Waals surface area contributed by atoms with Gasteiger partial charge in [-0.3, -0.25) is 4.90 Å². The van der Waals surface area contributed by atoms with Crippen molar-refractivity contribution in [3.05, 3.63) is 68.6 Å². The minimum atomic E-state index is -0.177. The van der Waals surface area contributed by atoms with Crippen LogP contribution < -0.4 is 15.1 Å². The second-order valence-corrected chi connectivity index (χ2v) is 7.99. The number of benzene rings is 2. The normalized spacial score (nSPS) is 15.8. The number of aryl methyl sites for hydroxylation is 2. The van der Waals surface area contributed by atoms with Crippen LogP contribution in [0.25, 0.3) is 11.0 Å². The van der Waals surface area contributed by atoms with E-state index < -0.39 is 0 Å². The third-order valence-electron chi connectivity index (χ3n) is 6.16. The summed E-state index contributed by atoms with van der Waals surface area (Å²) in [5, 5.41) is 1.09. The van der Waals surface area contributed by atoms with Crippen molar-refractivity contribution < 1.29 is 13.9 Å². The first-order valence-electron chi connectivity index (χ1n) is 10.2. The number of hydrogen-bond acceptors (Lipinski definition) is 5. The van der Waals surface area contributed by atoms with Gasteiger partial charge in [-0.2, -0.15) is 0 Å². The van der Waals surface area contributed by atoms with Crippen molar-refractivity contribution in [3.8, 4) is 11.5 Å². The number of nitrogens with zero attached hydrogens (tertiary/aromatic N) is 1. The second kappa shape index (κ2) is 7.23. The molecule has 1 aromatic heterocycles. The zero-order valence-electron chi connectivity index (χ0n) is 16.9. The lowest BCUT2D eigenvalue weighted by Gasteiger charge is -2.30. The molecular weight excluding hydrogens is 366 g/mol. The summed E-state index contributed by atoms with van der Waals surface area (Å²) in [7, 11) is 1.69. The van der Waals surface area contributed by atoms with Gasteiger partial charge in [-0.15, -0.1) is 0 Å². The van der Waals surface area contributed by atoms with Gasteiger partial charge < -0.3 is 13.9 Å². The molecule has 0 saturated carbocycles. The highest BCUT2D eigenvalue weighted by atomic mass is 16.5. The number of fused-ring (bicyclic) bond motifs is 4. The molecule has 5 heteroatoms. The number of hydrogen-bond donors (Lipinski definition) is 0. The van der Waals surface area contributed by atoms with Gasteiger partial charge in [0.2, 0.25) is 0 Å². The maximum atomic E-state index is 12.3. The quantitative estimate of drug-likeness (QED) is 0.630. The van der Waals surface area contributed by atoms with Crippen LogP contribution in [0.4, 0.5) is 0 Å². The summed E-state index contributed by atoms with van der Waals surface area (Å²) in [6.07, 6.45) is 3.74. The van der Waals surface area contributed by atoms with Crippen LogP contribution in [0.5, 0.6) is 11.5 Å². The molecule has 0 unspecified atom stereocenters.